The van der Waals surface area contributed by atoms with Gasteiger partial charge >= 0.3 is 0 Å². The van der Waals surface area contributed by atoms with Gasteiger partial charge in [0.15, 0.2) is 5.78 Å². The van der Waals surface area contributed by atoms with Crippen molar-refractivity contribution >= 4 is 22.6 Å². The van der Waals surface area contributed by atoms with E-state index in [4.69, 9.17) is 0 Å². The molecule has 2 aromatic rings. The standard InChI is InChI=1S/C15H16F2N2O3/c1-18-15(22)13-9(3-2-4-12(21)14(16)17)10-7-8(20)5-6-11(10)19-13/h5-7,14,19-20H,2-4H2,1H3,(H,18,22). The number of rotatable bonds is 6. The molecule has 3 N–H and O–H groups in total. The van der Waals surface area contributed by atoms with Crippen molar-refractivity contribution in [3.8, 4) is 5.75 Å². The molecule has 0 radical (unpaired) electrons. The summed E-state index contributed by atoms with van der Waals surface area (Å²) in [5.74, 6) is -1.41. The Morgan fingerprint density at radius 3 is 2.73 bits per heavy atom. The second kappa shape index (κ2) is 6.55. The number of aromatic amines is 1. The number of amides is 1. The lowest BCUT2D eigenvalue weighted by atomic mass is 10.0. The number of alkyl halides is 2. The molecule has 1 aromatic heterocycles. The van der Waals surface area contributed by atoms with Crippen molar-refractivity contribution in [1.82, 2.24) is 10.3 Å². The summed E-state index contributed by atoms with van der Waals surface area (Å²) in [4.78, 5) is 25.8. The van der Waals surface area contributed by atoms with E-state index < -0.39 is 12.2 Å². The number of hydrogen-bond acceptors (Lipinski definition) is 3. The summed E-state index contributed by atoms with van der Waals surface area (Å²) in [5, 5.41) is 12.7. The molecular formula is C15H16F2N2O3. The number of fused-ring (bicyclic) bond motifs is 1. The highest BCUT2D eigenvalue weighted by molar-refractivity contribution is 6.01. The molecule has 0 aliphatic carbocycles. The molecule has 0 saturated heterocycles. The molecule has 0 aliphatic rings. The molecule has 118 valence electrons. The monoisotopic (exact) mass is 310 g/mol. The number of aryl methyl sites for hydroxylation is 1. The summed E-state index contributed by atoms with van der Waals surface area (Å²) < 4.78 is 24.4. The zero-order valence-electron chi connectivity index (χ0n) is 12.0. The average Bonchev–Trinajstić information content (AvgIpc) is 2.84. The number of Topliss-reactive ketones (excluding diaryl/α,β-unsaturated/α-hetero) is 1. The highest BCUT2D eigenvalue weighted by Crippen LogP contribution is 2.27. The van der Waals surface area contributed by atoms with Crippen LogP contribution in [0.2, 0.25) is 0 Å². The van der Waals surface area contributed by atoms with Crippen molar-refractivity contribution in [2.75, 3.05) is 7.05 Å². The van der Waals surface area contributed by atoms with Gasteiger partial charge < -0.3 is 15.4 Å². The lowest BCUT2D eigenvalue weighted by molar-refractivity contribution is -0.129. The second-order valence-corrected chi connectivity index (χ2v) is 4.91. The van der Waals surface area contributed by atoms with Gasteiger partial charge in [0.05, 0.1) is 0 Å². The maximum atomic E-state index is 12.2. The molecule has 0 atom stereocenters. The molecule has 1 amide bonds. The lowest BCUT2D eigenvalue weighted by Crippen LogP contribution is -2.19. The number of ketones is 1. The molecule has 22 heavy (non-hydrogen) atoms. The van der Waals surface area contributed by atoms with Crippen LogP contribution < -0.4 is 5.32 Å². The van der Waals surface area contributed by atoms with E-state index in [-0.39, 0.29) is 30.9 Å². The van der Waals surface area contributed by atoms with Crippen LogP contribution in [0.4, 0.5) is 8.78 Å². The van der Waals surface area contributed by atoms with Crippen LogP contribution in [0, 0.1) is 0 Å². The third kappa shape index (κ3) is 3.24. The summed E-state index contributed by atoms with van der Waals surface area (Å²) >= 11 is 0. The van der Waals surface area contributed by atoms with E-state index >= 15 is 0 Å². The fourth-order valence-corrected chi connectivity index (χ4v) is 2.36. The summed E-state index contributed by atoms with van der Waals surface area (Å²) in [7, 11) is 1.48. The van der Waals surface area contributed by atoms with Gasteiger partial charge in [-0.15, -0.1) is 0 Å². The highest BCUT2D eigenvalue weighted by Gasteiger charge is 2.19. The molecule has 0 fully saturated rings. The van der Waals surface area contributed by atoms with E-state index in [2.05, 4.69) is 10.3 Å². The Balaban J connectivity index is 2.30. The van der Waals surface area contributed by atoms with E-state index in [1.54, 1.807) is 6.07 Å². The summed E-state index contributed by atoms with van der Waals surface area (Å²) in [5.41, 5.74) is 1.58. The maximum Gasteiger partial charge on any atom is 0.295 e. The van der Waals surface area contributed by atoms with Crippen molar-refractivity contribution in [2.45, 2.75) is 25.7 Å². The first kappa shape index (κ1) is 15.9. The summed E-state index contributed by atoms with van der Waals surface area (Å²) in [6, 6.07) is 4.62. The number of H-pyrrole nitrogens is 1. The van der Waals surface area contributed by atoms with Crippen LogP contribution in [0.1, 0.15) is 28.9 Å². The van der Waals surface area contributed by atoms with Gasteiger partial charge in [0.2, 0.25) is 0 Å². The van der Waals surface area contributed by atoms with Crippen LogP contribution in [0.25, 0.3) is 10.9 Å². The second-order valence-electron chi connectivity index (χ2n) is 4.91. The van der Waals surface area contributed by atoms with Crippen LogP contribution in [-0.4, -0.2) is 35.3 Å². The molecule has 2 rings (SSSR count). The molecule has 5 nitrogen and oxygen atoms in total. The number of phenolic OH excluding ortho intramolecular Hbond substituents is 1. The van der Waals surface area contributed by atoms with Crippen LogP contribution in [0.3, 0.4) is 0 Å². The van der Waals surface area contributed by atoms with E-state index in [0.717, 1.165) is 0 Å². The minimum Gasteiger partial charge on any atom is -0.508 e. The number of nitrogens with one attached hydrogen (secondary N) is 2. The molecule has 1 aromatic carbocycles. The van der Waals surface area contributed by atoms with Gasteiger partial charge in [-0.3, -0.25) is 9.59 Å². The molecule has 0 spiro atoms. The van der Waals surface area contributed by atoms with Gasteiger partial charge in [-0.1, -0.05) is 0 Å². The number of benzene rings is 1. The van der Waals surface area contributed by atoms with E-state index in [9.17, 15) is 23.5 Å². The smallest absolute Gasteiger partial charge is 0.295 e. The summed E-state index contributed by atoms with van der Waals surface area (Å²) in [6.07, 6.45) is -2.73. The van der Waals surface area contributed by atoms with Crippen LogP contribution in [0.15, 0.2) is 18.2 Å². The highest BCUT2D eigenvalue weighted by atomic mass is 19.3. The van der Waals surface area contributed by atoms with Crippen LogP contribution in [-0.2, 0) is 11.2 Å². The van der Waals surface area contributed by atoms with Crippen molar-refractivity contribution in [1.29, 1.82) is 0 Å². The molecule has 0 aliphatic heterocycles. The Kier molecular flexibility index (Phi) is 4.75. The normalized spacial score (nSPS) is 11.1. The van der Waals surface area contributed by atoms with Gasteiger partial charge in [0.25, 0.3) is 12.3 Å². The Morgan fingerprint density at radius 2 is 2.09 bits per heavy atom. The van der Waals surface area contributed by atoms with E-state index in [1.165, 1.54) is 19.2 Å². The number of carbonyl (C=O) groups is 2. The largest absolute Gasteiger partial charge is 0.508 e. The average molecular weight is 310 g/mol. The third-order valence-corrected chi connectivity index (χ3v) is 3.44. The van der Waals surface area contributed by atoms with Crippen LogP contribution >= 0.6 is 0 Å². The van der Waals surface area contributed by atoms with E-state index in [0.29, 0.717) is 22.2 Å². The zero-order chi connectivity index (χ0) is 16.3. The predicted molar refractivity (Wildman–Crippen MR) is 77.3 cm³/mol. The number of aromatic nitrogens is 1. The first-order valence-electron chi connectivity index (χ1n) is 6.80. The van der Waals surface area contributed by atoms with Gasteiger partial charge in [0.1, 0.15) is 11.4 Å². The van der Waals surface area contributed by atoms with Crippen molar-refractivity contribution < 1.29 is 23.5 Å². The number of phenols is 1. The fourth-order valence-electron chi connectivity index (χ4n) is 2.36. The quantitative estimate of drug-likeness (QED) is 0.766. The Hall–Kier alpha value is -2.44. The molecule has 0 bridgehead atoms. The topological polar surface area (TPSA) is 82.2 Å². The van der Waals surface area contributed by atoms with Crippen LogP contribution in [0.5, 0.6) is 5.75 Å². The SMILES string of the molecule is CNC(=O)c1[nH]c2ccc(O)cc2c1CCCC(=O)C(F)F. The Morgan fingerprint density at radius 1 is 1.36 bits per heavy atom. The number of carbonyl (C=O) groups excluding carboxylic acids is 2. The third-order valence-electron chi connectivity index (χ3n) is 3.44. The zero-order valence-corrected chi connectivity index (χ0v) is 12.0. The summed E-state index contributed by atoms with van der Waals surface area (Å²) in [6.45, 7) is 0. The predicted octanol–water partition coefficient (Wildman–Crippen LogP) is 2.39. The fraction of sp³-hybridized carbons (Fsp3) is 0.333. The Bertz CT molecular complexity index is 710. The Labute approximate surface area is 125 Å². The first-order chi connectivity index (χ1) is 10.4. The molecule has 0 saturated carbocycles. The molecule has 1 heterocycles. The minimum absolute atomic E-state index is 0.0415. The minimum atomic E-state index is -2.97. The lowest BCUT2D eigenvalue weighted by Gasteiger charge is -2.04. The first-order valence-corrected chi connectivity index (χ1v) is 6.80. The maximum absolute atomic E-state index is 12.2. The number of aromatic hydroxyl groups is 1. The molecule has 7 heteroatoms. The molecule has 0 unspecified atom stereocenters. The van der Waals surface area contributed by atoms with Crippen molar-refractivity contribution in [3.05, 3.63) is 29.5 Å². The van der Waals surface area contributed by atoms with Crippen molar-refractivity contribution in [3.63, 3.8) is 0 Å². The van der Waals surface area contributed by atoms with Gasteiger partial charge in [-0.2, -0.15) is 0 Å². The van der Waals surface area contributed by atoms with Gasteiger partial charge in [-0.25, -0.2) is 8.78 Å². The number of halogens is 2. The van der Waals surface area contributed by atoms with E-state index in [1.807, 2.05) is 0 Å². The van der Waals surface area contributed by atoms with Gasteiger partial charge in [-0.05, 0) is 36.6 Å². The number of hydrogen-bond donors (Lipinski definition) is 3. The molecular weight excluding hydrogens is 294 g/mol. The van der Waals surface area contributed by atoms with Gasteiger partial charge in [0, 0.05) is 24.4 Å². The van der Waals surface area contributed by atoms with Crippen molar-refractivity contribution in [2.24, 2.45) is 0 Å².